The van der Waals surface area contributed by atoms with Crippen molar-refractivity contribution < 1.29 is 42.9 Å². The predicted molar refractivity (Wildman–Crippen MR) is 150 cm³/mol. The summed E-state index contributed by atoms with van der Waals surface area (Å²) >= 11 is 1.10. The molecule has 3 rings (SSSR count). The first-order valence-corrected chi connectivity index (χ1v) is 14.2. The van der Waals surface area contributed by atoms with Crippen molar-refractivity contribution in [1.82, 2.24) is 20.1 Å². The Morgan fingerprint density at radius 3 is 2.12 bits per heavy atom. The second-order valence-electron chi connectivity index (χ2n) is 10.9. The zero-order valence-corrected chi connectivity index (χ0v) is 25.9. The van der Waals surface area contributed by atoms with E-state index in [0.717, 1.165) is 11.8 Å². The van der Waals surface area contributed by atoms with Gasteiger partial charge in [0.25, 0.3) is 0 Å². The van der Waals surface area contributed by atoms with Gasteiger partial charge >= 0.3 is 17.9 Å². The lowest BCUT2D eigenvalue weighted by molar-refractivity contribution is -0.211. The van der Waals surface area contributed by atoms with Crippen LogP contribution in [0.4, 0.5) is 0 Å². The van der Waals surface area contributed by atoms with E-state index in [-0.39, 0.29) is 18.6 Å². The molecular formula is C28H38N4O9S. The van der Waals surface area contributed by atoms with Gasteiger partial charge in [-0.25, -0.2) is 0 Å². The summed E-state index contributed by atoms with van der Waals surface area (Å²) in [5.74, 6) is -1.16. The lowest BCUT2D eigenvalue weighted by atomic mass is 9.87. The predicted octanol–water partition coefficient (Wildman–Crippen LogP) is 2.44. The average Bonchev–Trinajstić information content (AvgIpc) is 3.22. The molecule has 1 saturated heterocycles. The minimum atomic E-state index is -1.17. The van der Waals surface area contributed by atoms with Crippen LogP contribution in [0.1, 0.15) is 59.9 Å². The van der Waals surface area contributed by atoms with Crippen molar-refractivity contribution in [2.45, 2.75) is 95.4 Å². The molecule has 0 spiro atoms. The molecular weight excluding hydrogens is 568 g/mol. The normalized spacial score (nSPS) is 22.1. The van der Waals surface area contributed by atoms with Crippen LogP contribution in [-0.4, -0.2) is 75.0 Å². The summed E-state index contributed by atoms with van der Waals surface area (Å²) in [5.41, 5.74) is 0.296. The Kier molecular flexibility index (Phi) is 11.0. The highest BCUT2D eigenvalue weighted by Crippen LogP contribution is 2.35. The molecule has 1 aliphatic rings. The summed E-state index contributed by atoms with van der Waals surface area (Å²) in [5, 5.41) is 11.7. The van der Waals surface area contributed by atoms with Crippen LogP contribution in [0.2, 0.25) is 0 Å². The minimum absolute atomic E-state index is 0.0222. The largest absolute Gasteiger partial charge is 0.486 e. The molecule has 2 aromatic rings. The number of rotatable bonds is 10. The second-order valence-corrected chi connectivity index (χ2v) is 11.9. The number of hydrogen-bond donors (Lipinski definition) is 1. The summed E-state index contributed by atoms with van der Waals surface area (Å²) in [6.45, 7) is 11.2. The highest BCUT2D eigenvalue weighted by Gasteiger charge is 2.51. The average molecular weight is 607 g/mol. The molecule has 5 unspecified atom stereocenters. The van der Waals surface area contributed by atoms with E-state index in [4.69, 9.17) is 23.7 Å². The number of hydrogen-bond acceptors (Lipinski definition) is 12. The van der Waals surface area contributed by atoms with Gasteiger partial charge in [0.15, 0.2) is 23.2 Å². The number of carbonyl (C=O) groups is 4. The molecule has 1 amide bonds. The summed E-state index contributed by atoms with van der Waals surface area (Å²) in [6, 6.07) is 6.87. The number of thioether (sulfide) groups is 1. The second kappa shape index (κ2) is 14.0. The smallest absolute Gasteiger partial charge is 0.303 e. The van der Waals surface area contributed by atoms with Gasteiger partial charge in [-0.05, 0) is 23.1 Å². The number of nitrogens with zero attached hydrogens (tertiary/aromatic N) is 3. The third kappa shape index (κ3) is 8.92. The van der Waals surface area contributed by atoms with E-state index in [1.54, 1.807) is 11.6 Å². The highest BCUT2D eigenvalue weighted by molar-refractivity contribution is 7.99. The van der Waals surface area contributed by atoms with E-state index in [1.807, 2.05) is 24.3 Å². The SMILES string of the molecule is CC(=O)NC1C(Sc2nnc(COc3ccc(C(C)(C)C)cc3)n2C)OC(COC(C)=O)C(OC(C)=O)C1OC(C)=O. The van der Waals surface area contributed by atoms with E-state index in [0.29, 0.717) is 16.7 Å². The summed E-state index contributed by atoms with van der Waals surface area (Å²) in [7, 11) is 1.75. The minimum Gasteiger partial charge on any atom is -0.486 e. The van der Waals surface area contributed by atoms with Crippen LogP contribution in [0.3, 0.4) is 0 Å². The fourth-order valence-electron chi connectivity index (χ4n) is 4.27. The number of amides is 1. The third-order valence-electron chi connectivity index (χ3n) is 6.31. The number of ether oxygens (including phenoxy) is 5. The Bertz CT molecular complexity index is 1280. The molecule has 2 heterocycles. The van der Waals surface area contributed by atoms with Gasteiger partial charge in [-0.2, -0.15) is 0 Å². The molecule has 1 fully saturated rings. The lowest BCUT2D eigenvalue weighted by Gasteiger charge is -2.44. The van der Waals surface area contributed by atoms with Gasteiger partial charge in [-0.15, -0.1) is 10.2 Å². The molecule has 5 atom stereocenters. The van der Waals surface area contributed by atoms with Crippen LogP contribution in [0.15, 0.2) is 29.4 Å². The van der Waals surface area contributed by atoms with Gasteiger partial charge in [-0.1, -0.05) is 44.7 Å². The Morgan fingerprint density at radius 2 is 1.57 bits per heavy atom. The first-order chi connectivity index (χ1) is 19.6. The third-order valence-corrected chi connectivity index (χ3v) is 7.51. The standard InChI is InChI=1S/C28H38N4O9S/c1-15(33)29-23-25(40-18(4)36)24(39-17(3)35)21(13-37-16(2)34)41-26(23)42-27-31-30-22(32(27)8)14-38-20-11-9-19(10-12-20)28(5,6)7/h9-12,21,23-26H,13-14H2,1-8H3,(H,29,33). The monoisotopic (exact) mass is 606 g/mol. The zero-order valence-electron chi connectivity index (χ0n) is 25.0. The number of nitrogens with one attached hydrogen (secondary N) is 1. The summed E-state index contributed by atoms with van der Waals surface area (Å²) in [4.78, 5) is 47.8. The van der Waals surface area contributed by atoms with E-state index in [9.17, 15) is 19.2 Å². The van der Waals surface area contributed by atoms with Crippen LogP contribution >= 0.6 is 11.8 Å². The van der Waals surface area contributed by atoms with Crippen molar-refractivity contribution >= 4 is 35.6 Å². The Labute approximate surface area is 248 Å². The van der Waals surface area contributed by atoms with Crippen LogP contribution in [-0.2, 0) is 57.2 Å². The first-order valence-electron chi connectivity index (χ1n) is 13.3. The van der Waals surface area contributed by atoms with Crippen molar-refractivity contribution in [2.75, 3.05) is 6.61 Å². The number of benzene rings is 1. The van der Waals surface area contributed by atoms with Crippen molar-refractivity contribution in [2.24, 2.45) is 7.05 Å². The maximum Gasteiger partial charge on any atom is 0.303 e. The first kappa shape index (κ1) is 32.9. The van der Waals surface area contributed by atoms with Crippen LogP contribution in [0, 0.1) is 0 Å². The van der Waals surface area contributed by atoms with Gasteiger partial charge in [-0.3, -0.25) is 19.2 Å². The maximum absolute atomic E-state index is 12.2. The van der Waals surface area contributed by atoms with Crippen molar-refractivity contribution in [1.29, 1.82) is 0 Å². The highest BCUT2D eigenvalue weighted by atomic mass is 32.2. The van der Waals surface area contributed by atoms with Gasteiger partial charge in [0, 0.05) is 34.7 Å². The Hall–Kier alpha value is -3.65. The molecule has 13 nitrogen and oxygen atoms in total. The number of esters is 3. The molecule has 1 aromatic carbocycles. The van der Waals surface area contributed by atoms with E-state index >= 15 is 0 Å². The van der Waals surface area contributed by atoms with E-state index < -0.39 is 53.6 Å². The van der Waals surface area contributed by atoms with Crippen molar-refractivity contribution in [3.63, 3.8) is 0 Å². The zero-order chi connectivity index (χ0) is 31.2. The number of aromatic nitrogens is 3. The van der Waals surface area contributed by atoms with Crippen LogP contribution < -0.4 is 10.1 Å². The molecule has 0 saturated carbocycles. The van der Waals surface area contributed by atoms with E-state index in [2.05, 4.69) is 36.3 Å². The summed E-state index contributed by atoms with van der Waals surface area (Å²) in [6.07, 6.45) is -3.35. The number of carbonyl (C=O) groups excluding carboxylic acids is 4. The molecule has 1 aliphatic heterocycles. The molecule has 0 aliphatic carbocycles. The van der Waals surface area contributed by atoms with Crippen LogP contribution in [0.5, 0.6) is 5.75 Å². The Morgan fingerprint density at radius 1 is 0.952 bits per heavy atom. The molecule has 0 bridgehead atoms. The quantitative estimate of drug-likeness (QED) is 0.312. The molecule has 230 valence electrons. The van der Waals surface area contributed by atoms with Gasteiger partial charge in [0.2, 0.25) is 5.91 Å². The lowest BCUT2D eigenvalue weighted by Crippen LogP contribution is -2.65. The topological polar surface area (TPSA) is 157 Å². The van der Waals surface area contributed by atoms with Crippen LogP contribution in [0.25, 0.3) is 0 Å². The van der Waals surface area contributed by atoms with Crippen molar-refractivity contribution in [3.8, 4) is 5.75 Å². The molecule has 0 radical (unpaired) electrons. The van der Waals surface area contributed by atoms with Gasteiger partial charge in [0.1, 0.15) is 36.5 Å². The molecule has 42 heavy (non-hydrogen) atoms. The van der Waals surface area contributed by atoms with Gasteiger partial charge in [0.05, 0.1) is 0 Å². The van der Waals surface area contributed by atoms with Crippen molar-refractivity contribution in [3.05, 3.63) is 35.7 Å². The van der Waals surface area contributed by atoms with Gasteiger partial charge < -0.3 is 33.6 Å². The molecule has 1 N–H and O–H groups in total. The Balaban J connectivity index is 1.85. The van der Waals surface area contributed by atoms with E-state index in [1.165, 1.54) is 33.3 Å². The maximum atomic E-state index is 12.2. The fraction of sp³-hybridized carbons (Fsp3) is 0.571. The summed E-state index contributed by atoms with van der Waals surface area (Å²) < 4.78 is 30.0. The molecule has 14 heteroatoms. The molecule has 1 aromatic heterocycles. The fourth-order valence-corrected chi connectivity index (χ4v) is 5.39.